The van der Waals surface area contributed by atoms with Crippen LogP contribution in [0.3, 0.4) is 0 Å². The van der Waals surface area contributed by atoms with E-state index in [1.54, 1.807) is 11.0 Å². The number of aromatic nitrogens is 3. The first-order chi connectivity index (χ1) is 14.1. The molecule has 1 amide bonds. The number of piperidine rings is 1. The van der Waals surface area contributed by atoms with Gasteiger partial charge in [-0.1, -0.05) is 42.7 Å². The van der Waals surface area contributed by atoms with Crippen LogP contribution in [0.5, 0.6) is 0 Å². The Bertz CT molecular complexity index is 772. The van der Waals surface area contributed by atoms with Gasteiger partial charge in [0.1, 0.15) is 12.7 Å². The number of rotatable bonds is 7. The molecule has 1 aliphatic carbocycles. The fourth-order valence-corrected chi connectivity index (χ4v) is 5.02. The highest BCUT2D eigenvalue weighted by Gasteiger charge is 2.37. The number of hydrogen-bond donors (Lipinski definition) is 1. The van der Waals surface area contributed by atoms with Crippen LogP contribution in [0.4, 0.5) is 0 Å². The van der Waals surface area contributed by atoms with E-state index < -0.39 is 0 Å². The zero-order chi connectivity index (χ0) is 20.1. The van der Waals surface area contributed by atoms with Gasteiger partial charge in [-0.25, -0.2) is 4.98 Å². The number of carbonyl (C=O) groups is 1. The molecule has 0 bridgehead atoms. The molecule has 29 heavy (non-hydrogen) atoms. The third-order valence-electron chi connectivity index (χ3n) is 6.74. The maximum Gasteiger partial charge on any atom is 0.222 e. The SMILES string of the molecule is Cc1ccc(C2(CN3CCC(NC(=O)CCn4cncn4)CC3)CCCC2)cc1. The Balaban J connectivity index is 1.26. The summed E-state index contributed by atoms with van der Waals surface area (Å²) < 4.78 is 1.70. The molecule has 0 unspecified atom stereocenters. The molecule has 2 aliphatic rings. The van der Waals surface area contributed by atoms with Gasteiger partial charge in [0.25, 0.3) is 0 Å². The Hall–Kier alpha value is -2.21. The molecule has 1 saturated heterocycles. The lowest BCUT2D eigenvalue weighted by Crippen LogP contribution is -2.48. The van der Waals surface area contributed by atoms with Crippen LogP contribution in [0.2, 0.25) is 0 Å². The highest BCUT2D eigenvalue weighted by Crippen LogP contribution is 2.42. The minimum atomic E-state index is 0.117. The molecule has 1 aromatic heterocycles. The van der Waals surface area contributed by atoms with E-state index in [9.17, 15) is 4.79 Å². The smallest absolute Gasteiger partial charge is 0.222 e. The summed E-state index contributed by atoms with van der Waals surface area (Å²) in [6.07, 6.45) is 11.0. The van der Waals surface area contributed by atoms with Crippen LogP contribution >= 0.6 is 0 Å². The highest BCUT2D eigenvalue weighted by molar-refractivity contribution is 5.76. The van der Waals surface area contributed by atoms with Gasteiger partial charge in [-0.15, -0.1) is 0 Å². The number of nitrogens with one attached hydrogen (secondary N) is 1. The van der Waals surface area contributed by atoms with E-state index in [0.29, 0.717) is 24.4 Å². The van der Waals surface area contributed by atoms with Crippen molar-refractivity contribution < 1.29 is 4.79 Å². The number of nitrogens with zero attached hydrogens (tertiary/aromatic N) is 4. The standard InChI is InChI=1S/C23H33N5O/c1-19-4-6-20(7-5-19)23(11-2-3-12-23)16-27-13-8-21(9-14-27)26-22(29)10-15-28-18-24-17-25-28/h4-7,17-18,21H,2-3,8-16H2,1H3,(H,26,29). The molecule has 156 valence electrons. The van der Waals surface area contributed by atoms with Crippen molar-refractivity contribution in [2.45, 2.75) is 69.9 Å². The molecular formula is C23H33N5O. The Morgan fingerprint density at radius 1 is 1.17 bits per heavy atom. The van der Waals surface area contributed by atoms with Crippen LogP contribution in [0, 0.1) is 6.92 Å². The molecule has 1 aliphatic heterocycles. The maximum absolute atomic E-state index is 12.2. The predicted molar refractivity (Wildman–Crippen MR) is 114 cm³/mol. The minimum absolute atomic E-state index is 0.117. The van der Waals surface area contributed by atoms with Crippen molar-refractivity contribution in [3.63, 3.8) is 0 Å². The van der Waals surface area contributed by atoms with Crippen molar-refractivity contribution in [1.29, 1.82) is 0 Å². The van der Waals surface area contributed by atoms with Crippen LogP contribution in [0.1, 0.15) is 56.1 Å². The molecule has 2 fully saturated rings. The van der Waals surface area contributed by atoms with Crippen molar-refractivity contribution in [2.75, 3.05) is 19.6 Å². The normalized spacial score (nSPS) is 20.0. The van der Waals surface area contributed by atoms with Gasteiger partial charge in [0.05, 0.1) is 6.54 Å². The second kappa shape index (κ2) is 9.08. The third kappa shape index (κ3) is 5.04. The van der Waals surface area contributed by atoms with E-state index in [4.69, 9.17) is 0 Å². The van der Waals surface area contributed by atoms with Crippen molar-refractivity contribution in [1.82, 2.24) is 25.0 Å². The molecule has 0 atom stereocenters. The first-order valence-electron chi connectivity index (χ1n) is 11.0. The Labute approximate surface area is 173 Å². The average molecular weight is 396 g/mol. The summed E-state index contributed by atoms with van der Waals surface area (Å²) >= 11 is 0. The molecule has 2 heterocycles. The van der Waals surface area contributed by atoms with Crippen LogP contribution in [-0.2, 0) is 16.8 Å². The summed E-state index contributed by atoms with van der Waals surface area (Å²) in [6, 6.07) is 9.52. The Morgan fingerprint density at radius 3 is 2.55 bits per heavy atom. The Kier molecular flexibility index (Phi) is 6.28. The topological polar surface area (TPSA) is 63.1 Å². The third-order valence-corrected chi connectivity index (χ3v) is 6.74. The summed E-state index contributed by atoms with van der Waals surface area (Å²) in [4.78, 5) is 18.8. The molecule has 6 nitrogen and oxygen atoms in total. The molecule has 1 N–H and O–H groups in total. The summed E-state index contributed by atoms with van der Waals surface area (Å²) in [5.41, 5.74) is 3.17. The van der Waals surface area contributed by atoms with Gasteiger partial charge in [-0.2, -0.15) is 5.10 Å². The maximum atomic E-state index is 12.2. The van der Waals surface area contributed by atoms with E-state index in [2.05, 4.69) is 51.5 Å². The first-order valence-corrected chi connectivity index (χ1v) is 11.0. The van der Waals surface area contributed by atoms with Crippen LogP contribution in [0.15, 0.2) is 36.9 Å². The molecule has 6 heteroatoms. The lowest BCUT2D eigenvalue weighted by Gasteiger charge is -2.39. The zero-order valence-corrected chi connectivity index (χ0v) is 17.5. The van der Waals surface area contributed by atoms with Gasteiger partial charge in [0, 0.05) is 37.5 Å². The quantitative estimate of drug-likeness (QED) is 0.783. The molecule has 4 rings (SSSR count). The number of likely N-dealkylation sites (tertiary alicyclic amines) is 1. The molecule has 2 aromatic rings. The number of benzene rings is 1. The largest absolute Gasteiger partial charge is 0.353 e. The van der Waals surface area contributed by atoms with E-state index >= 15 is 0 Å². The van der Waals surface area contributed by atoms with Gasteiger partial charge >= 0.3 is 0 Å². The average Bonchev–Trinajstić information content (AvgIpc) is 3.41. The summed E-state index contributed by atoms with van der Waals surface area (Å²) in [5.74, 6) is 0.117. The van der Waals surface area contributed by atoms with Crippen LogP contribution < -0.4 is 5.32 Å². The molecule has 1 aromatic carbocycles. The monoisotopic (exact) mass is 395 g/mol. The van der Waals surface area contributed by atoms with Crippen LogP contribution in [0.25, 0.3) is 0 Å². The Morgan fingerprint density at radius 2 is 1.90 bits per heavy atom. The zero-order valence-electron chi connectivity index (χ0n) is 17.5. The first kappa shape index (κ1) is 20.1. The lowest BCUT2D eigenvalue weighted by atomic mass is 9.77. The summed E-state index contributed by atoms with van der Waals surface area (Å²) in [7, 11) is 0. The van der Waals surface area contributed by atoms with Gasteiger partial charge in [-0.3, -0.25) is 9.48 Å². The highest BCUT2D eigenvalue weighted by atomic mass is 16.1. The fourth-order valence-electron chi connectivity index (χ4n) is 5.02. The van der Waals surface area contributed by atoms with Gasteiger partial charge in [-0.05, 0) is 38.2 Å². The van der Waals surface area contributed by atoms with E-state index in [0.717, 1.165) is 32.5 Å². The van der Waals surface area contributed by atoms with Crippen molar-refractivity contribution in [2.24, 2.45) is 0 Å². The minimum Gasteiger partial charge on any atom is -0.353 e. The van der Waals surface area contributed by atoms with Crippen LogP contribution in [-0.4, -0.2) is 51.2 Å². The number of amides is 1. The molecule has 1 saturated carbocycles. The molecular weight excluding hydrogens is 362 g/mol. The van der Waals surface area contributed by atoms with Crippen molar-refractivity contribution in [3.05, 3.63) is 48.0 Å². The molecule has 0 spiro atoms. The second-order valence-electron chi connectivity index (χ2n) is 8.88. The van der Waals surface area contributed by atoms with E-state index in [-0.39, 0.29) is 5.91 Å². The van der Waals surface area contributed by atoms with Gasteiger partial charge in [0.2, 0.25) is 5.91 Å². The van der Waals surface area contributed by atoms with Gasteiger partial charge < -0.3 is 10.2 Å². The number of aryl methyl sites for hydroxylation is 2. The number of carbonyl (C=O) groups excluding carboxylic acids is 1. The van der Waals surface area contributed by atoms with E-state index in [1.165, 1.54) is 43.1 Å². The van der Waals surface area contributed by atoms with Crippen molar-refractivity contribution >= 4 is 5.91 Å². The van der Waals surface area contributed by atoms with Gasteiger partial charge in [0.15, 0.2) is 0 Å². The summed E-state index contributed by atoms with van der Waals surface area (Å²) in [5, 5.41) is 7.26. The second-order valence-corrected chi connectivity index (χ2v) is 8.88. The fraction of sp³-hybridized carbons (Fsp3) is 0.609. The van der Waals surface area contributed by atoms with Crippen molar-refractivity contribution in [3.8, 4) is 0 Å². The van der Waals surface area contributed by atoms with E-state index in [1.807, 2.05) is 0 Å². The predicted octanol–water partition coefficient (Wildman–Crippen LogP) is 3.07. The molecule has 0 radical (unpaired) electrons. The number of hydrogen-bond acceptors (Lipinski definition) is 4. The lowest BCUT2D eigenvalue weighted by molar-refractivity contribution is -0.122. The summed E-state index contributed by atoms with van der Waals surface area (Å²) in [6.45, 7) is 6.05.